The highest BCUT2D eigenvalue weighted by molar-refractivity contribution is 6.40. The second kappa shape index (κ2) is 8.86. The molecule has 0 fully saturated rings. The monoisotopic (exact) mass is 451 g/mol. The minimum atomic E-state index is -0.399. The molecule has 1 aromatic heterocycles. The average molecular weight is 453 g/mol. The summed E-state index contributed by atoms with van der Waals surface area (Å²) in [5, 5.41) is 3.79. The van der Waals surface area contributed by atoms with Gasteiger partial charge in [-0.25, -0.2) is 9.48 Å². The Morgan fingerprint density at radius 1 is 1.17 bits per heavy atom. The van der Waals surface area contributed by atoms with Crippen molar-refractivity contribution in [3.63, 3.8) is 0 Å². The largest absolute Gasteiger partial charge is 0.462 e. The highest BCUT2D eigenvalue weighted by Gasteiger charge is 2.16. The van der Waals surface area contributed by atoms with E-state index in [1.54, 1.807) is 38.1 Å². The van der Waals surface area contributed by atoms with Crippen LogP contribution in [0.1, 0.15) is 28.5 Å². The predicted molar refractivity (Wildman–Crippen MR) is 116 cm³/mol. The van der Waals surface area contributed by atoms with Gasteiger partial charge in [0.05, 0.1) is 33.5 Å². The van der Waals surface area contributed by atoms with E-state index in [1.807, 2.05) is 0 Å². The van der Waals surface area contributed by atoms with Crippen molar-refractivity contribution < 1.29 is 9.53 Å². The molecule has 3 rings (SSSR count). The van der Waals surface area contributed by atoms with Crippen molar-refractivity contribution >= 4 is 52.7 Å². The zero-order valence-electron chi connectivity index (χ0n) is 15.5. The SMILES string of the molecule is CCOC(=O)c1ccc(N=Cc2c(C)[nH]n(-c3c(Cl)cc(Cl)cc3Cl)c2=O)cc1. The van der Waals surface area contributed by atoms with Gasteiger partial charge in [-0.15, -0.1) is 0 Å². The number of aromatic amines is 1. The first kappa shape index (κ1) is 21.2. The van der Waals surface area contributed by atoms with E-state index in [-0.39, 0.29) is 15.6 Å². The number of halogens is 3. The molecule has 0 aliphatic heterocycles. The van der Waals surface area contributed by atoms with Gasteiger partial charge >= 0.3 is 5.97 Å². The summed E-state index contributed by atoms with van der Waals surface area (Å²) in [6.07, 6.45) is 1.45. The lowest BCUT2D eigenvalue weighted by Crippen LogP contribution is -2.18. The van der Waals surface area contributed by atoms with Gasteiger partial charge in [-0.1, -0.05) is 34.8 Å². The Kier molecular flexibility index (Phi) is 6.47. The number of benzene rings is 2. The fourth-order valence-corrected chi connectivity index (χ4v) is 3.64. The lowest BCUT2D eigenvalue weighted by Gasteiger charge is -2.07. The normalized spacial score (nSPS) is 11.2. The van der Waals surface area contributed by atoms with E-state index in [4.69, 9.17) is 39.5 Å². The second-order valence-electron chi connectivity index (χ2n) is 6.03. The van der Waals surface area contributed by atoms with Gasteiger partial charge in [0.1, 0.15) is 5.69 Å². The number of hydrogen-bond donors (Lipinski definition) is 1. The maximum absolute atomic E-state index is 12.8. The Labute approximate surface area is 181 Å². The number of hydrogen-bond acceptors (Lipinski definition) is 4. The van der Waals surface area contributed by atoms with Crippen LogP contribution in [0.25, 0.3) is 5.69 Å². The molecule has 0 amide bonds. The van der Waals surface area contributed by atoms with Gasteiger partial charge in [0, 0.05) is 16.9 Å². The third-order valence-corrected chi connectivity index (χ3v) is 4.84. The molecule has 0 radical (unpaired) electrons. The van der Waals surface area contributed by atoms with Crippen molar-refractivity contribution in [1.29, 1.82) is 0 Å². The van der Waals surface area contributed by atoms with Gasteiger partial charge in [0.2, 0.25) is 0 Å². The zero-order valence-corrected chi connectivity index (χ0v) is 17.8. The third-order valence-electron chi connectivity index (χ3n) is 4.04. The van der Waals surface area contributed by atoms with E-state index in [1.165, 1.54) is 23.0 Å². The van der Waals surface area contributed by atoms with Crippen LogP contribution in [0, 0.1) is 6.92 Å². The maximum Gasteiger partial charge on any atom is 0.338 e. The van der Waals surface area contributed by atoms with E-state index in [9.17, 15) is 9.59 Å². The summed E-state index contributed by atoms with van der Waals surface area (Å²) in [6, 6.07) is 9.56. The summed E-state index contributed by atoms with van der Waals surface area (Å²) in [7, 11) is 0. The number of esters is 1. The fourth-order valence-electron chi connectivity index (χ4n) is 2.65. The Bertz CT molecular complexity index is 1130. The number of aromatic nitrogens is 2. The van der Waals surface area contributed by atoms with Crippen molar-refractivity contribution in [3.8, 4) is 5.69 Å². The molecule has 6 nitrogen and oxygen atoms in total. The first-order chi connectivity index (χ1) is 13.8. The lowest BCUT2D eigenvalue weighted by atomic mass is 10.2. The van der Waals surface area contributed by atoms with Gasteiger partial charge in [-0.2, -0.15) is 0 Å². The fraction of sp³-hybridized carbons (Fsp3) is 0.150. The van der Waals surface area contributed by atoms with Crippen LogP contribution in [0.2, 0.25) is 15.1 Å². The van der Waals surface area contributed by atoms with Gasteiger partial charge in [-0.3, -0.25) is 14.9 Å². The van der Waals surface area contributed by atoms with Crippen LogP contribution >= 0.6 is 34.8 Å². The first-order valence-electron chi connectivity index (χ1n) is 8.59. The maximum atomic E-state index is 12.8. The number of carbonyl (C=O) groups excluding carboxylic acids is 1. The van der Waals surface area contributed by atoms with Gasteiger partial charge in [-0.05, 0) is 50.2 Å². The molecule has 0 aliphatic rings. The highest BCUT2D eigenvalue weighted by atomic mass is 35.5. The standard InChI is InChI=1S/C20H16Cl3N3O3/c1-3-29-20(28)12-4-6-14(7-5-12)24-10-15-11(2)25-26(19(15)27)18-16(22)8-13(21)9-17(18)23/h4-10,25H,3H2,1-2H3. The smallest absolute Gasteiger partial charge is 0.338 e. The Balaban J connectivity index is 1.92. The van der Waals surface area contributed by atoms with E-state index in [2.05, 4.69) is 10.1 Å². The Hall–Kier alpha value is -2.54. The molecular weight excluding hydrogens is 437 g/mol. The van der Waals surface area contributed by atoms with Crippen molar-refractivity contribution in [2.45, 2.75) is 13.8 Å². The molecule has 1 N–H and O–H groups in total. The van der Waals surface area contributed by atoms with Crippen LogP contribution < -0.4 is 5.56 Å². The number of H-pyrrole nitrogens is 1. The molecule has 0 unspecified atom stereocenters. The van der Waals surface area contributed by atoms with E-state index >= 15 is 0 Å². The Morgan fingerprint density at radius 3 is 2.38 bits per heavy atom. The summed E-state index contributed by atoms with van der Waals surface area (Å²) in [6.45, 7) is 3.78. The summed E-state index contributed by atoms with van der Waals surface area (Å²) < 4.78 is 6.20. The van der Waals surface area contributed by atoms with Crippen LogP contribution in [0.3, 0.4) is 0 Å². The number of carbonyl (C=O) groups is 1. The van der Waals surface area contributed by atoms with Crippen LogP contribution in [0.4, 0.5) is 5.69 Å². The quantitative estimate of drug-likeness (QED) is 0.418. The van der Waals surface area contributed by atoms with Crippen molar-refractivity contribution in [2.75, 3.05) is 6.61 Å². The number of nitrogens with zero attached hydrogens (tertiary/aromatic N) is 2. The topological polar surface area (TPSA) is 76.4 Å². The molecule has 0 atom stereocenters. The van der Waals surface area contributed by atoms with Crippen LogP contribution in [-0.2, 0) is 4.74 Å². The molecule has 0 aliphatic carbocycles. The molecule has 9 heteroatoms. The number of aliphatic imine (C=N–C) groups is 1. The van der Waals surface area contributed by atoms with Crippen molar-refractivity contribution in [3.05, 3.63) is 78.6 Å². The second-order valence-corrected chi connectivity index (χ2v) is 7.29. The minimum absolute atomic E-state index is 0.240. The molecule has 2 aromatic carbocycles. The van der Waals surface area contributed by atoms with Gasteiger partial charge in [0.25, 0.3) is 5.56 Å². The number of nitrogens with one attached hydrogen (secondary N) is 1. The number of rotatable bonds is 5. The highest BCUT2D eigenvalue weighted by Crippen LogP contribution is 2.31. The number of ether oxygens (including phenoxy) is 1. The summed E-state index contributed by atoms with van der Waals surface area (Å²) in [4.78, 5) is 28.9. The minimum Gasteiger partial charge on any atom is -0.462 e. The van der Waals surface area contributed by atoms with E-state index in [0.717, 1.165) is 0 Å². The first-order valence-corrected chi connectivity index (χ1v) is 9.73. The molecule has 150 valence electrons. The summed E-state index contributed by atoms with van der Waals surface area (Å²) in [5.74, 6) is -0.399. The molecule has 0 spiro atoms. The molecule has 1 heterocycles. The molecule has 0 bridgehead atoms. The number of aryl methyl sites for hydroxylation is 1. The Morgan fingerprint density at radius 2 is 1.79 bits per heavy atom. The molecule has 29 heavy (non-hydrogen) atoms. The van der Waals surface area contributed by atoms with E-state index in [0.29, 0.717) is 39.8 Å². The molecule has 3 aromatic rings. The van der Waals surface area contributed by atoms with Gasteiger partial charge in [0.15, 0.2) is 0 Å². The van der Waals surface area contributed by atoms with Crippen molar-refractivity contribution in [2.24, 2.45) is 4.99 Å². The van der Waals surface area contributed by atoms with Crippen LogP contribution in [0.5, 0.6) is 0 Å². The predicted octanol–water partition coefficient (Wildman–Crippen LogP) is 5.36. The lowest BCUT2D eigenvalue weighted by molar-refractivity contribution is 0.0526. The van der Waals surface area contributed by atoms with Gasteiger partial charge < -0.3 is 4.74 Å². The van der Waals surface area contributed by atoms with Crippen LogP contribution in [-0.4, -0.2) is 28.6 Å². The molecule has 0 saturated heterocycles. The third kappa shape index (κ3) is 4.56. The van der Waals surface area contributed by atoms with E-state index < -0.39 is 5.97 Å². The molecule has 0 saturated carbocycles. The van der Waals surface area contributed by atoms with Crippen molar-refractivity contribution in [1.82, 2.24) is 9.78 Å². The summed E-state index contributed by atoms with van der Waals surface area (Å²) >= 11 is 18.4. The zero-order chi connectivity index (χ0) is 21.1. The summed E-state index contributed by atoms with van der Waals surface area (Å²) in [5.41, 5.74) is 1.89. The van der Waals surface area contributed by atoms with Crippen LogP contribution in [0.15, 0.2) is 46.2 Å². The average Bonchev–Trinajstić information content (AvgIpc) is 2.93. The molecular formula is C20H16Cl3N3O3.